The molecule has 1 fully saturated rings. The highest BCUT2D eigenvalue weighted by Gasteiger charge is 2.36. The molecule has 1 heterocycles. The Morgan fingerprint density at radius 3 is 2.57 bits per heavy atom. The molecular formula is C21H31NO6. The van der Waals surface area contributed by atoms with Crippen molar-refractivity contribution in [3.63, 3.8) is 0 Å². The molecule has 1 aliphatic heterocycles. The smallest absolute Gasteiger partial charge is 0.450 e. The van der Waals surface area contributed by atoms with Gasteiger partial charge in [0.05, 0.1) is 18.9 Å². The molecule has 0 saturated carbocycles. The molecule has 1 saturated heterocycles. The summed E-state index contributed by atoms with van der Waals surface area (Å²) in [7, 11) is 0. The summed E-state index contributed by atoms with van der Waals surface area (Å²) in [6.07, 6.45) is 2.53. The number of carbonyl (C=O) groups is 1. The summed E-state index contributed by atoms with van der Waals surface area (Å²) in [4.78, 5) is 16.0. The highest BCUT2D eigenvalue weighted by atomic mass is 16.9. The fourth-order valence-electron chi connectivity index (χ4n) is 2.95. The molecule has 0 amide bonds. The number of rotatable bonds is 9. The van der Waals surface area contributed by atoms with Gasteiger partial charge in [-0.25, -0.2) is 4.79 Å². The molecule has 2 rings (SSSR count). The van der Waals surface area contributed by atoms with E-state index in [1.807, 2.05) is 6.92 Å². The van der Waals surface area contributed by atoms with Gasteiger partial charge < -0.3 is 24.2 Å². The van der Waals surface area contributed by atoms with Gasteiger partial charge in [-0.05, 0) is 62.8 Å². The predicted molar refractivity (Wildman–Crippen MR) is 105 cm³/mol. The number of unbranched alkanes of at least 4 members (excludes halogenated alkanes) is 2. The molecule has 1 N–H and O–H groups in total. The van der Waals surface area contributed by atoms with E-state index in [1.54, 1.807) is 0 Å². The topological polar surface area (TPSA) is 86.6 Å². The fourth-order valence-corrected chi connectivity index (χ4v) is 2.95. The molecule has 1 aromatic rings. The van der Waals surface area contributed by atoms with E-state index < -0.39 is 12.1 Å². The monoisotopic (exact) mass is 393 g/mol. The van der Waals surface area contributed by atoms with Gasteiger partial charge in [0, 0.05) is 12.8 Å². The Bertz CT molecular complexity index is 679. The van der Waals surface area contributed by atoms with Crippen molar-refractivity contribution in [3.05, 3.63) is 34.9 Å². The van der Waals surface area contributed by atoms with Gasteiger partial charge >= 0.3 is 12.1 Å². The second-order valence-electron chi connectivity index (χ2n) is 7.38. The van der Waals surface area contributed by atoms with E-state index in [0.717, 1.165) is 37.0 Å². The van der Waals surface area contributed by atoms with Crippen molar-refractivity contribution in [3.8, 4) is 0 Å². The molecule has 7 nitrogen and oxygen atoms in total. The lowest BCUT2D eigenvalue weighted by Crippen LogP contribution is -2.45. The minimum atomic E-state index is -1.48. The van der Waals surface area contributed by atoms with E-state index >= 15 is 0 Å². The highest BCUT2D eigenvalue weighted by Crippen LogP contribution is 2.25. The summed E-state index contributed by atoms with van der Waals surface area (Å²) in [6.45, 7) is 9.05. The molecule has 0 atom stereocenters. The lowest BCUT2D eigenvalue weighted by molar-refractivity contribution is -0.379. The average Bonchev–Trinajstić information content (AvgIpc) is 2.63. The maximum absolute atomic E-state index is 10.6. The fraction of sp³-hybridized carbons (Fsp3) is 0.619. The minimum absolute atomic E-state index is 0.247. The first-order valence-electron chi connectivity index (χ1n) is 9.73. The van der Waals surface area contributed by atoms with Gasteiger partial charge in [-0.3, -0.25) is 0 Å². The van der Waals surface area contributed by atoms with Crippen molar-refractivity contribution in [2.75, 3.05) is 19.8 Å². The molecule has 7 heteroatoms. The van der Waals surface area contributed by atoms with E-state index in [2.05, 4.69) is 41.9 Å². The third kappa shape index (κ3) is 7.13. The predicted octanol–water partition coefficient (Wildman–Crippen LogP) is 4.64. The summed E-state index contributed by atoms with van der Waals surface area (Å²) < 4.78 is 15.4. The normalized spacial score (nSPS) is 22.7. The summed E-state index contributed by atoms with van der Waals surface area (Å²) in [6, 6.07) is 6.28. The number of hydrogen-bond acceptors (Lipinski definition) is 6. The Morgan fingerprint density at radius 1 is 1.21 bits per heavy atom. The van der Waals surface area contributed by atoms with Crippen LogP contribution in [0.1, 0.15) is 56.2 Å². The summed E-state index contributed by atoms with van der Waals surface area (Å²) in [5.74, 6) is -1.24. The van der Waals surface area contributed by atoms with Gasteiger partial charge in [0.15, 0.2) is 0 Å². The van der Waals surface area contributed by atoms with Crippen molar-refractivity contribution in [2.24, 2.45) is 11.1 Å². The zero-order chi connectivity index (χ0) is 20.6. The molecule has 1 aliphatic rings. The van der Waals surface area contributed by atoms with Crippen LogP contribution >= 0.6 is 0 Å². The maximum atomic E-state index is 10.6. The average molecular weight is 393 g/mol. The molecule has 0 unspecified atom stereocenters. The third-order valence-electron chi connectivity index (χ3n) is 4.91. The van der Waals surface area contributed by atoms with Crippen LogP contribution in [-0.2, 0) is 19.0 Å². The summed E-state index contributed by atoms with van der Waals surface area (Å²) >= 11 is 0. The van der Waals surface area contributed by atoms with Crippen LogP contribution in [0.15, 0.2) is 23.4 Å². The molecule has 0 bridgehead atoms. The van der Waals surface area contributed by atoms with Crippen LogP contribution in [0.2, 0.25) is 0 Å². The number of nitrogens with zero attached hydrogens (tertiary/aromatic N) is 1. The van der Waals surface area contributed by atoms with E-state index in [9.17, 15) is 4.79 Å². The molecule has 156 valence electrons. The largest absolute Gasteiger partial charge is 0.510 e. The number of hydrogen-bond donors (Lipinski definition) is 1. The summed E-state index contributed by atoms with van der Waals surface area (Å²) in [5, 5.41) is 12.9. The molecule has 0 aliphatic carbocycles. The number of carboxylic acid groups (broad SMARTS) is 1. The van der Waals surface area contributed by atoms with Crippen LogP contribution in [0.25, 0.3) is 0 Å². The SMILES string of the molecule is CC(=NOCCCCCC1COC(C)(OC(=O)O)OC1)c1ccc(C)c(C)c1. The van der Waals surface area contributed by atoms with Crippen LogP contribution in [0.5, 0.6) is 0 Å². The van der Waals surface area contributed by atoms with Crippen molar-refractivity contribution in [2.45, 2.75) is 59.4 Å². The molecule has 1 aromatic carbocycles. The first-order chi connectivity index (χ1) is 13.3. The van der Waals surface area contributed by atoms with Gasteiger partial charge in [0.25, 0.3) is 0 Å². The molecule has 0 radical (unpaired) electrons. The minimum Gasteiger partial charge on any atom is -0.450 e. The lowest BCUT2D eigenvalue weighted by atomic mass is 10.0. The Kier molecular flexibility index (Phi) is 8.26. The number of aryl methyl sites for hydroxylation is 2. The van der Waals surface area contributed by atoms with Crippen LogP contribution < -0.4 is 0 Å². The Hall–Kier alpha value is -2.12. The van der Waals surface area contributed by atoms with Gasteiger partial charge in [-0.2, -0.15) is 0 Å². The zero-order valence-corrected chi connectivity index (χ0v) is 17.2. The quantitative estimate of drug-likeness (QED) is 0.285. The second-order valence-corrected chi connectivity index (χ2v) is 7.38. The second kappa shape index (κ2) is 10.4. The molecule has 0 aromatic heterocycles. The van der Waals surface area contributed by atoms with Crippen LogP contribution in [0.4, 0.5) is 4.79 Å². The van der Waals surface area contributed by atoms with Crippen LogP contribution in [-0.4, -0.2) is 42.8 Å². The number of oxime groups is 1. The van der Waals surface area contributed by atoms with Crippen molar-refractivity contribution in [1.82, 2.24) is 0 Å². The van der Waals surface area contributed by atoms with E-state index in [-0.39, 0.29) is 5.92 Å². The van der Waals surface area contributed by atoms with Gasteiger partial charge in [-0.1, -0.05) is 23.7 Å². The van der Waals surface area contributed by atoms with E-state index in [1.165, 1.54) is 18.1 Å². The maximum Gasteiger partial charge on any atom is 0.510 e. The zero-order valence-electron chi connectivity index (χ0n) is 17.2. The van der Waals surface area contributed by atoms with Crippen LogP contribution in [0, 0.1) is 19.8 Å². The lowest BCUT2D eigenvalue weighted by Gasteiger charge is -2.35. The Labute approximate surface area is 166 Å². The van der Waals surface area contributed by atoms with Crippen molar-refractivity contribution < 1.29 is 28.9 Å². The Morgan fingerprint density at radius 2 is 1.93 bits per heavy atom. The first-order valence-corrected chi connectivity index (χ1v) is 9.73. The van der Waals surface area contributed by atoms with Crippen molar-refractivity contribution in [1.29, 1.82) is 0 Å². The summed E-state index contributed by atoms with van der Waals surface area (Å²) in [5.41, 5.74) is 4.48. The highest BCUT2D eigenvalue weighted by molar-refractivity contribution is 5.98. The number of ether oxygens (including phenoxy) is 3. The van der Waals surface area contributed by atoms with E-state index in [4.69, 9.17) is 19.4 Å². The standard InChI is InChI=1S/C21H31NO6/c1-15-9-10-19(12-16(15)2)17(3)22-27-11-7-5-6-8-18-13-25-21(4,26-14-18)28-20(23)24/h9-10,12,18H,5-8,11,13-14H2,1-4H3,(H,23,24). The number of benzene rings is 1. The Balaban J connectivity index is 1.57. The van der Waals surface area contributed by atoms with Crippen molar-refractivity contribution >= 4 is 11.9 Å². The van der Waals surface area contributed by atoms with Gasteiger partial charge in [0.2, 0.25) is 0 Å². The van der Waals surface area contributed by atoms with Gasteiger partial charge in [-0.15, -0.1) is 0 Å². The molecule has 0 spiro atoms. The van der Waals surface area contributed by atoms with Gasteiger partial charge in [0.1, 0.15) is 6.61 Å². The molecular weight excluding hydrogens is 362 g/mol. The third-order valence-corrected chi connectivity index (χ3v) is 4.91. The van der Waals surface area contributed by atoms with Crippen LogP contribution in [0.3, 0.4) is 0 Å². The molecule has 28 heavy (non-hydrogen) atoms. The van der Waals surface area contributed by atoms with E-state index in [0.29, 0.717) is 19.8 Å². The first kappa shape index (κ1) is 22.2.